The highest BCUT2D eigenvalue weighted by Gasteiger charge is 2.36. The van der Waals surface area contributed by atoms with E-state index in [4.69, 9.17) is 19.3 Å². The number of hydrogen-bond donors (Lipinski definition) is 4. The van der Waals surface area contributed by atoms with Gasteiger partial charge < -0.3 is 34.8 Å². The van der Waals surface area contributed by atoms with Gasteiger partial charge in [0.1, 0.15) is 6.10 Å². The Morgan fingerprint density at radius 3 is 2.52 bits per heavy atom. The zero-order chi connectivity index (χ0) is 21.4. The summed E-state index contributed by atoms with van der Waals surface area (Å²) in [5.41, 5.74) is 0. The fourth-order valence-corrected chi connectivity index (χ4v) is 2.77. The van der Waals surface area contributed by atoms with E-state index in [1.807, 2.05) is 6.92 Å². The molecule has 29 heavy (non-hydrogen) atoms. The molecule has 3 unspecified atom stereocenters. The van der Waals surface area contributed by atoms with Gasteiger partial charge in [-0.1, -0.05) is 19.8 Å². The zero-order valence-corrected chi connectivity index (χ0v) is 16.5. The van der Waals surface area contributed by atoms with Crippen LogP contribution in [0.15, 0.2) is 12.1 Å². The van der Waals surface area contributed by atoms with Crippen molar-refractivity contribution in [2.45, 2.75) is 50.9 Å². The van der Waals surface area contributed by atoms with Crippen molar-refractivity contribution in [1.82, 2.24) is 10.3 Å². The van der Waals surface area contributed by atoms with Crippen molar-refractivity contribution < 1.29 is 39.1 Å². The molecule has 1 aromatic heterocycles. The van der Waals surface area contributed by atoms with Crippen LogP contribution in [0, 0.1) is 5.92 Å². The van der Waals surface area contributed by atoms with Crippen LogP contribution in [-0.4, -0.2) is 70.8 Å². The van der Waals surface area contributed by atoms with E-state index < -0.39 is 24.1 Å². The number of hydrogen-bond acceptors (Lipinski definition) is 8. The first kappa shape index (κ1) is 22.7. The molecule has 162 valence electrons. The van der Waals surface area contributed by atoms with E-state index in [1.165, 1.54) is 19.2 Å². The summed E-state index contributed by atoms with van der Waals surface area (Å²) in [6.07, 6.45) is -0.601. The number of rotatable bonds is 14. The topological polar surface area (TPSA) is 147 Å². The minimum atomic E-state index is -2.27. The normalized spacial score (nSPS) is 16.5. The van der Waals surface area contributed by atoms with Gasteiger partial charge in [-0.05, 0) is 37.9 Å². The average Bonchev–Trinajstić information content (AvgIpc) is 3.50. The maximum atomic E-state index is 11.4. The van der Waals surface area contributed by atoms with E-state index in [2.05, 4.69) is 10.3 Å². The number of ether oxygens (including phenoxy) is 3. The van der Waals surface area contributed by atoms with Crippen molar-refractivity contribution in [3.63, 3.8) is 0 Å². The van der Waals surface area contributed by atoms with Crippen LogP contribution in [0.4, 0.5) is 0 Å². The molecule has 1 aromatic rings. The Morgan fingerprint density at radius 2 is 1.97 bits per heavy atom. The van der Waals surface area contributed by atoms with Crippen LogP contribution in [0.25, 0.3) is 0 Å². The highest BCUT2D eigenvalue weighted by Crippen LogP contribution is 2.37. The molecule has 1 aliphatic rings. The van der Waals surface area contributed by atoms with Crippen molar-refractivity contribution in [2.75, 3.05) is 20.2 Å². The van der Waals surface area contributed by atoms with Crippen molar-refractivity contribution >= 4 is 11.9 Å². The van der Waals surface area contributed by atoms with Gasteiger partial charge in [-0.15, -0.1) is 0 Å². The largest absolute Gasteiger partial charge is 0.485 e. The lowest BCUT2D eigenvalue weighted by Gasteiger charge is -2.23. The molecule has 10 nitrogen and oxygen atoms in total. The van der Waals surface area contributed by atoms with Gasteiger partial charge in [0, 0.05) is 6.07 Å². The summed E-state index contributed by atoms with van der Waals surface area (Å²) in [6, 6.07) is 3.06. The number of carboxylic acids is 2. The summed E-state index contributed by atoms with van der Waals surface area (Å²) >= 11 is 0. The van der Waals surface area contributed by atoms with Gasteiger partial charge >= 0.3 is 11.9 Å². The second-order valence-corrected chi connectivity index (χ2v) is 6.88. The minimum Gasteiger partial charge on any atom is -0.485 e. The lowest BCUT2D eigenvalue weighted by atomic mass is 10.1. The maximum Gasteiger partial charge on any atom is 0.348 e. The monoisotopic (exact) mass is 412 g/mol. The Balaban J connectivity index is 2.23. The second-order valence-electron chi connectivity index (χ2n) is 6.88. The van der Waals surface area contributed by atoms with Crippen molar-refractivity contribution in [1.29, 1.82) is 0 Å². The number of nitrogens with one attached hydrogen (secondary N) is 1. The molecule has 3 atom stereocenters. The Labute approximate surface area is 168 Å². The number of aliphatic hydroxyl groups is 1. The number of aromatic nitrogens is 1. The van der Waals surface area contributed by atoms with E-state index >= 15 is 0 Å². The molecular formula is C19H28N2O8. The summed E-state index contributed by atoms with van der Waals surface area (Å²) in [5, 5.41) is 31.1. The van der Waals surface area contributed by atoms with E-state index in [-0.39, 0.29) is 23.6 Å². The number of carboxylic acid groups (broad SMARTS) is 2. The Kier molecular flexibility index (Phi) is 8.47. The van der Waals surface area contributed by atoms with Gasteiger partial charge in [0.15, 0.2) is 11.9 Å². The lowest BCUT2D eigenvalue weighted by molar-refractivity contribution is -0.164. The van der Waals surface area contributed by atoms with Gasteiger partial charge in [0.2, 0.25) is 12.0 Å². The third-order valence-corrected chi connectivity index (χ3v) is 4.51. The quantitative estimate of drug-likeness (QED) is 0.325. The lowest BCUT2D eigenvalue weighted by Crippen LogP contribution is -2.44. The first-order valence-electron chi connectivity index (χ1n) is 9.58. The van der Waals surface area contributed by atoms with E-state index in [0.717, 1.165) is 38.8 Å². The van der Waals surface area contributed by atoms with Crippen molar-refractivity contribution in [2.24, 2.45) is 5.92 Å². The smallest absolute Gasteiger partial charge is 0.348 e. The molecule has 10 heteroatoms. The molecular weight excluding hydrogens is 384 g/mol. The second kappa shape index (κ2) is 10.8. The molecule has 1 heterocycles. The molecule has 1 saturated carbocycles. The van der Waals surface area contributed by atoms with Crippen molar-refractivity contribution in [3.05, 3.63) is 12.1 Å². The van der Waals surface area contributed by atoms with E-state index in [1.54, 1.807) is 0 Å². The third kappa shape index (κ3) is 7.06. The number of carbonyl (C=O) groups is 2. The minimum absolute atomic E-state index is 0.132. The molecule has 0 aliphatic heterocycles. The summed E-state index contributed by atoms with van der Waals surface area (Å²) in [4.78, 5) is 26.5. The van der Waals surface area contributed by atoms with Crippen LogP contribution in [0.3, 0.4) is 0 Å². The molecule has 0 amide bonds. The standard InChI is InChI=1S/C19H28N2O8/c1-3-20-9-8-12(10-11-4-5-11)28-13-6-7-14(27-2)21-17(13)29-16(19(25)26)15(22)18(23)24/h6-7,11-12,15-16,20,22H,3-5,8-10H2,1-2H3,(H,23,24)(H,25,26). The van der Waals surface area contributed by atoms with Gasteiger partial charge in [-0.2, -0.15) is 4.98 Å². The van der Waals surface area contributed by atoms with Gasteiger partial charge in [-0.3, -0.25) is 0 Å². The fourth-order valence-electron chi connectivity index (χ4n) is 2.77. The number of aliphatic hydroxyl groups excluding tert-OH is 1. The molecule has 1 aliphatic carbocycles. The highest BCUT2D eigenvalue weighted by molar-refractivity contribution is 5.83. The molecule has 0 bridgehead atoms. The van der Waals surface area contributed by atoms with Crippen LogP contribution in [0.5, 0.6) is 17.5 Å². The van der Waals surface area contributed by atoms with Crippen LogP contribution in [-0.2, 0) is 9.59 Å². The highest BCUT2D eigenvalue weighted by atomic mass is 16.6. The fraction of sp³-hybridized carbons (Fsp3) is 0.632. The summed E-state index contributed by atoms with van der Waals surface area (Å²) in [6.45, 7) is 3.60. The predicted molar refractivity (Wildman–Crippen MR) is 101 cm³/mol. The van der Waals surface area contributed by atoms with Crippen LogP contribution in [0.1, 0.15) is 32.6 Å². The summed E-state index contributed by atoms with van der Waals surface area (Å²) in [7, 11) is 1.37. The first-order valence-corrected chi connectivity index (χ1v) is 9.58. The van der Waals surface area contributed by atoms with Gasteiger partial charge in [0.05, 0.1) is 7.11 Å². The summed E-state index contributed by atoms with van der Waals surface area (Å²) < 4.78 is 16.4. The number of methoxy groups -OCH3 is 1. The summed E-state index contributed by atoms with van der Waals surface area (Å²) in [5.74, 6) is -2.72. The van der Waals surface area contributed by atoms with Crippen LogP contribution in [0.2, 0.25) is 0 Å². The number of aliphatic carboxylic acids is 2. The molecule has 0 radical (unpaired) electrons. The molecule has 2 rings (SSSR count). The predicted octanol–water partition coefficient (Wildman–Crippen LogP) is 0.915. The van der Waals surface area contributed by atoms with Crippen LogP contribution >= 0.6 is 0 Å². The SMILES string of the molecule is CCNCCC(CC1CC1)Oc1ccc(OC)nc1OC(C(=O)O)C(O)C(=O)O. The number of pyridine rings is 1. The van der Waals surface area contributed by atoms with Crippen LogP contribution < -0.4 is 19.5 Å². The molecule has 1 fully saturated rings. The molecule has 0 aromatic carbocycles. The van der Waals surface area contributed by atoms with E-state index in [9.17, 15) is 19.8 Å². The Bertz CT molecular complexity index is 695. The molecule has 0 saturated heterocycles. The number of nitrogens with zero attached hydrogens (tertiary/aromatic N) is 1. The Morgan fingerprint density at radius 1 is 1.24 bits per heavy atom. The van der Waals surface area contributed by atoms with Gasteiger partial charge in [-0.25, -0.2) is 9.59 Å². The first-order chi connectivity index (χ1) is 13.8. The van der Waals surface area contributed by atoms with Crippen molar-refractivity contribution in [3.8, 4) is 17.5 Å². The van der Waals surface area contributed by atoms with Gasteiger partial charge in [0.25, 0.3) is 5.88 Å². The zero-order valence-electron chi connectivity index (χ0n) is 16.5. The van der Waals surface area contributed by atoms with E-state index in [0.29, 0.717) is 5.92 Å². The third-order valence-electron chi connectivity index (χ3n) is 4.51. The molecule has 0 spiro atoms. The Hall–Kier alpha value is -2.59. The maximum absolute atomic E-state index is 11.4. The molecule has 4 N–H and O–H groups in total. The average molecular weight is 412 g/mol.